The Bertz CT molecular complexity index is 164. The van der Waals surface area contributed by atoms with E-state index >= 15 is 0 Å². The largest absolute Gasteiger partial charge is 0.457 e. The average Bonchev–Trinajstić information content (AvgIpc) is 1.83. The van der Waals surface area contributed by atoms with Gasteiger partial charge in [0, 0.05) is 5.57 Å². The van der Waals surface area contributed by atoms with E-state index in [2.05, 4.69) is 0 Å². The summed E-state index contributed by atoms with van der Waals surface area (Å²) in [5.74, 6) is -4.69. The Balaban J connectivity index is 4.74. The molecule has 0 radical (unpaired) electrons. The predicted molar refractivity (Wildman–Crippen MR) is 30.4 cm³/mol. The van der Waals surface area contributed by atoms with Gasteiger partial charge in [-0.05, 0) is 13.8 Å². The van der Waals surface area contributed by atoms with Crippen molar-refractivity contribution in [3.63, 3.8) is 0 Å². The summed E-state index contributed by atoms with van der Waals surface area (Å²) >= 11 is 0. The molecule has 0 aliphatic rings. The Hall–Kier alpha value is -0.610. The van der Waals surface area contributed by atoms with Gasteiger partial charge in [-0.15, -0.1) is 0 Å². The van der Waals surface area contributed by atoms with Gasteiger partial charge >= 0.3 is 12.1 Å². The van der Waals surface area contributed by atoms with Crippen LogP contribution in [-0.4, -0.2) is 12.1 Å². The minimum Gasteiger partial charge on any atom is -0.191 e. The van der Waals surface area contributed by atoms with E-state index in [9.17, 15) is 22.0 Å². The van der Waals surface area contributed by atoms with Gasteiger partial charge in [0.1, 0.15) is 0 Å². The molecular formula is C6H7F5. The topological polar surface area (TPSA) is 0 Å². The zero-order valence-corrected chi connectivity index (χ0v) is 5.97. The van der Waals surface area contributed by atoms with Crippen molar-refractivity contribution in [3.05, 3.63) is 11.6 Å². The summed E-state index contributed by atoms with van der Waals surface area (Å²) in [5, 5.41) is 0. The van der Waals surface area contributed by atoms with Crippen molar-refractivity contribution in [1.29, 1.82) is 0 Å². The van der Waals surface area contributed by atoms with Crippen LogP contribution in [0.15, 0.2) is 11.6 Å². The molecule has 0 N–H and O–H groups in total. The highest BCUT2D eigenvalue weighted by molar-refractivity contribution is 5.11. The zero-order valence-electron chi connectivity index (χ0n) is 5.97. The SMILES string of the molecule is C/C=C(\C)C(F)(F)C(F)(F)F. The summed E-state index contributed by atoms with van der Waals surface area (Å²) in [4.78, 5) is 0. The van der Waals surface area contributed by atoms with E-state index in [1.54, 1.807) is 0 Å². The Morgan fingerprint density at radius 2 is 1.45 bits per heavy atom. The fourth-order valence-corrected chi connectivity index (χ4v) is 0.405. The van der Waals surface area contributed by atoms with Crippen LogP contribution in [0.1, 0.15) is 13.8 Å². The molecule has 0 aromatic heterocycles. The third-order valence-electron chi connectivity index (χ3n) is 1.28. The summed E-state index contributed by atoms with van der Waals surface area (Å²) in [6.45, 7) is 1.88. The van der Waals surface area contributed by atoms with E-state index in [-0.39, 0.29) is 0 Å². The maximum atomic E-state index is 12.1. The average molecular weight is 174 g/mol. The van der Waals surface area contributed by atoms with Gasteiger partial charge in [0.05, 0.1) is 0 Å². The smallest absolute Gasteiger partial charge is 0.191 e. The molecule has 66 valence electrons. The normalized spacial score (nSPS) is 15.4. The molecule has 0 aliphatic carbocycles. The van der Waals surface area contributed by atoms with Gasteiger partial charge in [-0.25, -0.2) is 0 Å². The lowest BCUT2D eigenvalue weighted by Gasteiger charge is -2.19. The van der Waals surface area contributed by atoms with Crippen LogP contribution >= 0.6 is 0 Å². The van der Waals surface area contributed by atoms with Crippen LogP contribution in [0.3, 0.4) is 0 Å². The monoisotopic (exact) mass is 174 g/mol. The van der Waals surface area contributed by atoms with E-state index in [1.165, 1.54) is 0 Å². The third kappa shape index (κ3) is 1.91. The lowest BCUT2D eigenvalue weighted by atomic mass is 10.1. The first-order valence-electron chi connectivity index (χ1n) is 2.81. The van der Waals surface area contributed by atoms with Crippen molar-refractivity contribution in [1.82, 2.24) is 0 Å². The molecule has 0 saturated carbocycles. The lowest BCUT2D eigenvalue weighted by Crippen LogP contribution is -2.37. The molecule has 0 aromatic rings. The number of rotatable bonds is 1. The van der Waals surface area contributed by atoms with Crippen molar-refractivity contribution < 1.29 is 22.0 Å². The maximum absolute atomic E-state index is 12.1. The molecule has 0 bridgehead atoms. The zero-order chi connectivity index (χ0) is 9.28. The van der Waals surface area contributed by atoms with Gasteiger partial charge in [-0.1, -0.05) is 6.08 Å². The fourth-order valence-electron chi connectivity index (χ4n) is 0.405. The van der Waals surface area contributed by atoms with Crippen LogP contribution in [-0.2, 0) is 0 Å². The number of alkyl halides is 5. The molecular weight excluding hydrogens is 167 g/mol. The van der Waals surface area contributed by atoms with Crippen molar-refractivity contribution in [3.8, 4) is 0 Å². The van der Waals surface area contributed by atoms with E-state index in [4.69, 9.17) is 0 Å². The Morgan fingerprint density at radius 3 is 1.55 bits per heavy atom. The second-order valence-electron chi connectivity index (χ2n) is 2.04. The van der Waals surface area contributed by atoms with Crippen LogP contribution in [0.25, 0.3) is 0 Å². The molecule has 5 heteroatoms. The second-order valence-corrected chi connectivity index (χ2v) is 2.04. The van der Waals surface area contributed by atoms with Crippen LogP contribution in [0.2, 0.25) is 0 Å². The molecule has 0 fully saturated rings. The maximum Gasteiger partial charge on any atom is 0.457 e. The highest BCUT2D eigenvalue weighted by Gasteiger charge is 2.58. The standard InChI is InChI=1S/C6H7F5/c1-3-4(2)5(7,8)6(9,10)11/h3H,1-2H3/b4-3+. The number of allylic oxidation sites excluding steroid dienone is 2. The minimum absolute atomic E-state index is 0.744. The van der Waals surface area contributed by atoms with Crippen LogP contribution in [0, 0.1) is 0 Å². The van der Waals surface area contributed by atoms with Crippen molar-refractivity contribution in [2.75, 3.05) is 0 Å². The molecule has 0 saturated heterocycles. The van der Waals surface area contributed by atoms with E-state index < -0.39 is 17.7 Å². The number of hydrogen-bond acceptors (Lipinski definition) is 0. The van der Waals surface area contributed by atoms with Crippen molar-refractivity contribution >= 4 is 0 Å². The Kier molecular flexibility index (Phi) is 2.64. The van der Waals surface area contributed by atoms with Crippen LogP contribution < -0.4 is 0 Å². The van der Waals surface area contributed by atoms with Gasteiger partial charge in [0.15, 0.2) is 0 Å². The fraction of sp³-hybridized carbons (Fsp3) is 0.667. The van der Waals surface area contributed by atoms with Crippen LogP contribution in [0.5, 0.6) is 0 Å². The summed E-state index contributed by atoms with van der Waals surface area (Å²) in [5.41, 5.74) is -0.981. The molecule has 11 heavy (non-hydrogen) atoms. The van der Waals surface area contributed by atoms with E-state index in [0.717, 1.165) is 19.9 Å². The molecule has 0 aliphatic heterocycles. The molecule has 0 amide bonds. The molecule has 0 atom stereocenters. The highest BCUT2D eigenvalue weighted by Crippen LogP contribution is 2.40. The highest BCUT2D eigenvalue weighted by atomic mass is 19.4. The lowest BCUT2D eigenvalue weighted by molar-refractivity contribution is -0.264. The molecule has 0 spiro atoms. The summed E-state index contributed by atoms with van der Waals surface area (Å²) in [6.07, 6.45) is -4.74. The van der Waals surface area contributed by atoms with Crippen molar-refractivity contribution in [2.24, 2.45) is 0 Å². The first-order chi connectivity index (χ1) is 4.73. The van der Waals surface area contributed by atoms with Gasteiger partial charge in [0.25, 0.3) is 0 Å². The van der Waals surface area contributed by atoms with Crippen LogP contribution in [0.4, 0.5) is 22.0 Å². The molecule has 0 heterocycles. The first kappa shape index (κ1) is 10.4. The molecule has 0 unspecified atom stereocenters. The van der Waals surface area contributed by atoms with Crippen molar-refractivity contribution in [2.45, 2.75) is 25.9 Å². The Labute approximate surface area is 60.7 Å². The number of halogens is 5. The van der Waals surface area contributed by atoms with E-state index in [0.29, 0.717) is 0 Å². The first-order valence-corrected chi connectivity index (χ1v) is 2.81. The summed E-state index contributed by atoms with van der Waals surface area (Å²) in [7, 11) is 0. The van der Waals surface area contributed by atoms with Gasteiger partial charge in [-0.3, -0.25) is 0 Å². The van der Waals surface area contributed by atoms with Gasteiger partial charge < -0.3 is 0 Å². The molecule has 0 aromatic carbocycles. The molecule has 0 nitrogen and oxygen atoms in total. The second kappa shape index (κ2) is 2.79. The third-order valence-corrected chi connectivity index (χ3v) is 1.28. The summed E-state index contributed by atoms with van der Waals surface area (Å²) in [6, 6.07) is 0. The minimum atomic E-state index is -5.48. The Morgan fingerprint density at radius 1 is 1.09 bits per heavy atom. The predicted octanol–water partition coefficient (Wildman–Crippen LogP) is 3.15. The molecule has 0 rings (SSSR count). The van der Waals surface area contributed by atoms with Gasteiger partial charge in [0.2, 0.25) is 0 Å². The number of hydrogen-bond donors (Lipinski definition) is 0. The van der Waals surface area contributed by atoms with E-state index in [1.807, 2.05) is 0 Å². The quantitative estimate of drug-likeness (QED) is 0.423. The van der Waals surface area contributed by atoms with Gasteiger partial charge in [-0.2, -0.15) is 22.0 Å². The summed E-state index contributed by atoms with van der Waals surface area (Å²) < 4.78 is 58.7.